The van der Waals surface area contributed by atoms with Gasteiger partial charge in [0.15, 0.2) is 12.4 Å². The molecule has 69 heavy (non-hydrogen) atoms. The summed E-state index contributed by atoms with van der Waals surface area (Å²) in [6, 6.07) is -1.03. The Morgan fingerprint density at radius 3 is 1.52 bits per heavy atom. The van der Waals surface area contributed by atoms with Gasteiger partial charge in [0, 0.05) is 6.42 Å². The van der Waals surface area contributed by atoms with Crippen LogP contribution in [0.1, 0.15) is 233 Å². The largest absolute Gasteiger partial charge is 0.454 e. The van der Waals surface area contributed by atoms with Gasteiger partial charge in [-0.05, 0) is 64.2 Å². The number of hydrogen-bond acceptors (Lipinski definition) is 10. The van der Waals surface area contributed by atoms with Crippen molar-refractivity contribution in [2.24, 2.45) is 0 Å². The lowest BCUT2D eigenvalue weighted by molar-refractivity contribution is -0.305. The molecular formula is C58H103NO10. The van der Waals surface area contributed by atoms with Crippen LogP contribution in [0.5, 0.6) is 0 Å². The number of nitrogens with one attached hydrogen (secondary N) is 1. The Kier molecular flexibility index (Phi) is 43.3. The molecular weight excluding hydrogens is 871 g/mol. The number of carbonyl (C=O) groups excluding carboxylic acids is 2. The molecule has 1 rings (SSSR count). The van der Waals surface area contributed by atoms with Crippen LogP contribution in [0, 0.1) is 0 Å². The lowest BCUT2D eigenvalue weighted by Crippen LogP contribution is -2.61. The van der Waals surface area contributed by atoms with Crippen LogP contribution in [0.4, 0.5) is 0 Å². The number of aliphatic hydroxyl groups excluding tert-OH is 5. The van der Waals surface area contributed by atoms with Crippen LogP contribution in [-0.4, -0.2) is 99.6 Å². The molecule has 1 aliphatic heterocycles. The summed E-state index contributed by atoms with van der Waals surface area (Å²) >= 11 is 0. The van der Waals surface area contributed by atoms with Crippen LogP contribution in [0.3, 0.4) is 0 Å². The molecule has 8 unspecified atom stereocenters. The zero-order valence-electron chi connectivity index (χ0n) is 43.9. The smallest absolute Gasteiger partial charge is 0.306 e. The Balaban J connectivity index is 2.77. The van der Waals surface area contributed by atoms with Crippen molar-refractivity contribution in [2.75, 3.05) is 13.2 Å². The van der Waals surface area contributed by atoms with Gasteiger partial charge >= 0.3 is 5.97 Å². The molecule has 1 amide bonds. The lowest BCUT2D eigenvalue weighted by Gasteiger charge is -2.41. The molecule has 11 heteroatoms. The minimum Gasteiger partial charge on any atom is -0.454 e. The molecule has 6 N–H and O–H groups in total. The van der Waals surface area contributed by atoms with Crippen LogP contribution in [0.2, 0.25) is 0 Å². The van der Waals surface area contributed by atoms with Crippen LogP contribution in [0.15, 0.2) is 60.8 Å². The number of hydrogen-bond donors (Lipinski definition) is 6. The molecule has 11 nitrogen and oxygen atoms in total. The van der Waals surface area contributed by atoms with Crippen molar-refractivity contribution >= 4 is 11.9 Å². The van der Waals surface area contributed by atoms with E-state index in [9.17, 15) is 35.1 Å². The molecule has 1 aliphatic rings. The SMILES string of the molecule is CCCCC/C=C\C/C=C\C/C=C\C/C=C\CCCC(=O)OC1C(OCC(NC(=O)C(O)CCCCCCCCCCCCCC)C(O)/C=C/CCCCCCCCCCC)OC(CO)C(O)C1O. The van der Waals surface area contributed by atoms with Crippen LogP contribution in [-0.2, 0) is 23.8 Å². The zero-order chi connectivity index (χ0) is 50.4. The number of rotatable bonds is 46. The fraction of sp³-hybridized carbons (Fsp3) is 0.793. The van der Waals surface area contributed by atoms with Crippen LogP contribution < -0.4 is 5.32 Å². The van der Waals surface area contributed by atoms with Gasteiger partial charge in [-0.2, -0.15) is 0 Å². The summed E-state index contributed by atoms with van der Waals surface area (Å²) < 4.78 is 17.5. The predicted molar refractivity (Wildman–Crippen MR) is 283 cm³/mol. The normalized spacial score (nSPS) is 20.3. The van der Waals surface area contributed by atoms with Gasteiger partial charge in [-0.3, -0.25) is 9.59 Å². The Labute approximate surface area is 420 Å². The van der Waals surface area contributed by atoms with Gasteiger partial charge in [0.05, 0.1) is 25.4 Å². The highest BCUT2D eigenvalue weighted by Gasteiger charge is 2.47. The van der Waals surface area contributed by atoms with Crippen LogP contribution >= 0.6 is 0 Å². The molecule has 0 aromatic rings. The Morgan fingerprint density at radius 2 is 1.00 bits per heavy atom. The molecule has 0 saturated carbocycles. The van der Waals surface area contributed by atoms with Crippen molar-refractivity contribution in [1.82, 2.24) is 5.32 Å². The predicted octanol–water partition coefficient (Wildman–Crippen LogP) is 12.3. The number of unbranched alkanes of at least 4 members (excludes halogenated alkanes) is 24. The Morgan fingerprint density at radius 1 is 0.565 bits per heavy atom. The summed E-state index contributed by atoms with van der Waals surface area (Å²) in [7, 11) is 0. The summed E-state index contributed by atoms with van der Waals surface area (Å²) in [5.41, 5.74) is 0. The number of allylic oxidation sites excluding steroid dienone is 9. The van der Waals surface area contributed by atoms with Crippen molar-refractivity contribution in [3.05, 3.63) is 60.8 Å². The van der Waals surface area contributed by atoms with E-state index < -0.39 is 67.4 Å². The third-order valence-electron chi connectivity index (χ3n) is 12.9. The lowest BCUT2D eigenvalue weighted by atomic mass is 9.99. The molecule has 1 saturated heterocycles. The second-order valence-electron chi connectivity index (χ2n) is 19.3. The fourth-order valence-electron chi connectivity index (χ4n) is 8.41. The molecule has 0 aromatic carbocycles. The number of amides is 1. The summed E-state index contributed by atoms with van der Waals surface area (Å²) in [6.07, 6.45) is 45.6. The molecule has 0 bridgehead atoms. The van der Waals surface area contributed by atoms with Crippen molar-refractivity contribution in [3.63, 3.8) is 0 Å². The molecule has 0 aromatic heterocycles. The van der Waals surface area contributed by atoms with E-state index in [1.165, 1.54) is 116 Å². The van der Waals surface area contributed by atoms with Crippen molar-refractivity contribution in [2.45, 2.75) is 282 Å². The molecule has 0 aliphatic carbocycles. The minimum absolute atomic E-state index is 0.0473. The number of aliphatic hydroxyl groups is 5. The first-order valence-electron chi connectivity index (χ1n) is 28.1. The average molecular weight is 974 g/mol. The number of esters is 1. The highest BCUT2D eigenvalue weighted by molar-refractivity contribution is 5.80. The van der Waals surface area contributed by atoms with E-state index in [-0.39, 0.29) is 19.4 Å². The first-order chi connectivity index (χ1) is 33.7. The maximum absolute atomic E-state index is 13.3. The standard InChI is InChI=1S/C58H103NO10/c1-4-7-10-13-16-19-22-24-25-26-27-28-31-34-37-40-43-46-53(63)69-56-55(65)54(64)52(47-60)68-58(56)67-48-49(50(61)44-41-38-35-32-29-21-18-15-12-9-6-3)59-57(66)51(62)45-42-39-36-33-30-23-20-17-14-11-8-5-2/h16,19,24-25,27-28,34,37,41,44,49-52,54-56,58,60-62,64-65H,4-15,17-18,20-23,26,29-33,35-36,38-40,42-43,45-48H2,1-3H3,(H,59,66)/b19-16-,25-24-,28-27-,37-34-,44-41+. The van der Waals surface area contributed by atoms with Crippen molar-refractivity contribution < 1.29 is 49.3 Å². The summed E-state index contributed by atoms with van der Waals surface area (Å²) in [5.74, 6) is -1.25. The third kappa shape index (κ3) is 35.2. The van der Waals surface area contributed by atoms with E-state index >= 15 is 0 Å². The van der Waals surface area contributed by atoms with E-state index in [0.29, 0.717) is 19.3 Å². The van der Waals surface area contributed by atoms with Crippen molar-refractivity contribution in [3.8, 4) is 0 Å². The zero-order valence-corrected chi connectivity index (χ0v) is 43.9. The molecule has 0 radical (unpaired) electrons. The van der Waals surface area contributed by atoms with Crippen molar-refractivity contribution in [1.29, 1.82) is 0 Å². The number of ether oxygens (including phenoxy) is 3. The van der Waals surface area contributed by atoms with E-state index in [0.717, 1.165) is 64.2 Å². The molecule has 400 valence electrons. The molecule has 8 atom stereocenters. The van der Waals surface area contributed by atoms with E-state index in [1.54, 1.807) is 6.08 Å². The van der Waals surface area contributed by atoms with Gasteiger partial charge in [0.1, 0.15) is 24.4 Å². The topological polar surface area (TPSA) is 175 Å². The fourth-order valence-corrected chi connectivity index (χ4v) is 8.41. The Hall–Kier alpha value is -2.64. The van der Waals surface area contributed by atoms with E-state index in [4.69, 9.17) is 14.2 Å². The monoisotopic (exact) mass is 974 g/mol. The maximum atomic E-state index is 13.3. The molecule has 1 heterocycles. The highest BCUT2D eigenvalue weighted by Crippen LogP contribution is 2.26. The third-order valence-corrected chi connectivity index (χ3v) is 12.9. The molecule has 0 spiro atoms. The second-order valence-corrected chi connectivity index (χ2v) is 19.3. The second kappa shape index (κ2) is 46.4. The van der Waals surface area contributed by atoms with Gasteiger partial charge in [0.25, 0.3) is 0 Å². The summed E-state index contributed by atoms with van der Waals surface area (Å²) in [4.78, 5) is 26.4. The van der Waals surface area contributed by atoms with Gasteiger partial charge < -0.3 is 45.1 Å². The van der Waals surface area contributed by atoms with Gasteiger partial charge in [-0.1, -0.05) is 223 Å². The Bertz CT molecular complexity index is 1350. The first kappa shape index (κ1) is 64.4. The van der Waals surface area contributed by atoms with Crippen LogP contribution in [0.25, 0.3) is 0 Å². The van der Waals surface area contributed by atoms with E-state index in [2.05, 4.69) is 62.5 Å². The summed E-state index contributed by atoms with van der Waals surface area (Å²) in [5, 5.41) is 56.7. The molecule has 1 fully saturated rings. The first-order valence-corrected chi connectivity index (χ1v) is 28.1. The number of carbonyl (C=O) groups is 2. The summed E-state index contributed by atoms with van der Waals surface area (Å²) in [6.45, 7) is 5.70. The van der Waals surface area contributed by atoms with Gasteiger partial charge in [-0.15, -0.1) is 0 Å². The quantitative estimate of drug-likeness (QED) is 0.0196. The highest BCUT2D eigenvalue weighted by atomic mass is 16.7. The van der Waals surface area contributed by atoms with Gasteiger partial charge in [0.2, 0.25) is 5.91 Å². The van der Waals surface area contributed by atoms with Gasteiger partial charge in [-0.25, -0.2) is 0 Å². The average Bonchev–Trinajstić information content (AvgIpc) is 3.34. The van der Waals surface area contributed by atoms with E-state index in [1.807, 2.05) is 18.2 Å². The minimum atomic E-state index is -1.63. The maximum Gasteiger partial charge on any atom is 0.306 e.